The van der Waals surface area contributed by atoms with E-state index in [1.54, 1.807) is 36.4 Å². The minimum Gasteiger partial charge on any atom is -0.384 e. The molecule has 1 aliphatic heterocycles. The van der Waals surface area contributed by atoms with Crippen molar-refractivity contribution in [1.82, 2.24) is 4.98 Å². The van der Waals surface area contributed by atoms with E-state index in [4.69, 9.17) is 5.11 Å². The Morgan fingerprint density at radius 1 is 1.10 bits per heavy atom. The normalized spacial score (nSPS) is 12.9. The Labute approximate surface area is 120 Å². The van der Waals surface area contributed by atoms with Gasteiger partial charge in [0.2, 0.25) is 0 Å². The van der Waals surface area contributed by atoms with Crippen LogP contribution < -0.4 is 4.90 Å². The second kappa shape index (κ2) is 5.19. The molecule has 0 saturated carbocycles. The molecular formula is C16H10N2O3. The summed E-state index contributed by atoms with van der Waals surface area (Å²) in [4.78, 5) is 29.6. The van der Waals surface area contributed by atoms with Crippen molar-refractivity contribution >= 4 is 17.5 Å². The van der Waals surface area contributed by atoms with Crippen molar-refractivity contribution in [3.05, 3.63) is 59.4 Å². The lowest BCUT2D eigenvalue weighted by molar-refractivity contribution is 0.0924. The van der Waals surface area contributed by atoms with Crippen LogP contribution in [0.5, 0.6) is 0 Å². The number of anilines is 1. The monoisotopic (exact) mass is 278 g/mol. The number of carbonyl (C=O) groups excluding carboxylic acids is 2. The summed E-state index contributed by atoms with van der Waals surface area (Å²) in [6.45, 7) is -0.216. The maximum Gasteiger partial charge on any atom is 0.284 e. The summed E-state index contributed by atoms with van der Waals surface area (Å²) in [6.07, 6.45) is 1.49. The first-order valence-corrected chi connectivity index (χ1v) is 6.26. The number of pyridine rings is 1. The van der Waals surface area contributed by atoms with Crippen molar-refractivity contribution in [3.8, 4) is 11.8 Å². The van der Waals surface area contributed by atoms with Crippen LogP contribution in [0.25, 0.3) is 0 Å². The lowest BCUT2D eigenvalue weighted by atomic mass is 10.2. The number of aromatic nitrogens is 1. The van der Waals surface area contributed by atoms with Gasteiger partial charge in [0.1, 0.15) is 12.3 Å². The number of benzene rings is 1. The molecule has 0 aliphatic carbocycles. The molecule has 0 saturated heterocycles. The summed E-state index contributed by atoms with van der Waals surface area (Å²) in [5.74, 6) is 4.48. The number of hydrogen-bond acceptors (Lipinski definition) is 4. The highest BCUT2D eigenvalue weighted by molar-refractivity contribution is 6.33. The summed E-state index contributed by atoms with van der Waals surface area (Å²) in [7, 11) is 0. The van der Waals surface area contributed by atoms with Gasteiger partial charge in [0, 0.05) is 11.8 Å². The van der Waals surface area contributed by atoms with Gasteiger partial charge in [-0.25, -0.2) is 4.90 Å². The molecule has 5 heteroatoms. The van der Waals surface area contributed by atoms with Crippen molar-refractivity contribution in [1.29, 1.82) is 0 Å². The van der Waals surface area contributed by atoms with Crippen molar-refractivity contribution in [3.63, 3.8) is 0 Å². The molecule has 1 N–H and O–H groups in total. The zero-order valence-corrected chi connectivity index (χ0v) is 10.9. The number of aliphatic hydroxyl groups excluding tert-OH is 1. The maximum atomic E-state index is 12.3. The van der Waals surface area contributed by atoms with Crippen molar-refractivity contribution in [2.45, 2.75) is 0 Å². The molecule has 0 bridgehead atoms. The van der Waals surface area contributed by atoms with Crippen LogP contribution in [0.4, 0.5) is 5.69 Å². The number of imide groups is 1. The standard InChI is InChI=1S/C16H10N2O3/c19-10-2-3-11-5-7-12(8-6-11)18-15(20)13-4-1-9-17-14(13)16(18)21/h1,4-9,19H,10H2. The van der Waals surface area contributed by atoms with E-state index in [1.165, 1.54) is 6.20 Å². The molecule has 0 spiro atoms. The van der Waals surface area contributed by atoms with Crippen LogP contribution in [0.15, 0.2) is 42.6 Å². The van der Waals surface area contributed by atoms with Crippen LogP contribution >= 0.6 is 0 Å². The van der Waals surface area contributed by atoms with E-state index in [0.717, 1.165) is 4.90 Å². The maximum absolute atomic E-state index is 12.3. The molecule has 0 atom stereocenters. The molecule has 0 fully saturated rings. The molecule has 0 unspecified atom stereocenters. The molecule has 5 nitrogen and oxygen atoms in total. The Kier molecular flexibility index (Phi) is 3.22. The molecule has 2 heterocycles. The number of carbonyl (C=O) groups is 2. The van der Waals surface area contributed by atoms with Gasteiger partial charge in [-0.15, -0.1) is 0 Å². The fraction of sp³-hybridized carbons (Fsp3) is 0.0625. The third-order valence-electron chi connectivity index (χ3n) is 3.08. The van der Waals surface area contributed by atoms with E-state index < -0.39 is 5.91 Å². The van der Waals surface area contributed by atoms with E-state index >= 15 is 0 Å². The van der Waals surface area contributed by atoms with Gasteiger partial charge in [-0.05, 0) is 36.4 Å². The van der Waals surface area contributed by atoms with Crippen molar-refractivity contribution in [2.24, 2.45) is 0 Å². The Morgan fingerprint density at radius 2 is 1.86 bits per heavy atom. The smallest absolute Gasteiger partial charge is 0.284 e. The SMILES string of the molecule is O=C1c2cccnc2C(=O)N1c1ccc(C#CCO)cc1. The van der Waals surface area contributed by atoms with Crippen LogP contribution in [0.2, 0.25) is 0 Å². The summed E-state index contributed by atoms with van der Waals surface area (Å²) in [6, 6.07) is 9.88. The van der Waals surface area contributed by atoms with Gasteiger partial charge < -0.3 is 5.11 Å². The molecule has 102 valence electrons. The largest absolute Gasteiger partial charge is 0.384 e. The zero-order chi connectivity index (χ0) is 14.8. The molecule has 2 amide bonds. The first kappa shape index (κ1) is 13.0. The average Bonchev–Trinajstić information content (AvgIpc) is 2.78. The predicted octanol–water partition coefficient (Wildman–Crippen LogP) is 1.23. The number of amides is 2. The van der Waals surface area contributed by atoms with E-state index in [9.17, 15) is 9.59 Å². The average molecular weight is 278 g/mol. The minimum atomic E-state index is -0.426. The highest BCUT2D eigenvalue weighted by atomic mass is 16.2. The highest BCUT2D eigenvalue weighted by Gasteiger charge is 2.37. The number of aliphatic hydroxyl groups is 1. The Balaban J connectivity index is 1.96. The van der Waals surface area contributed by atoms with Crippen molar-refractivity contribution < 1.29 is 14.7 Å². The fourth-order valence-electron chi connectivity index (χ4n) is 2.14. The van der Waals surface area contributed by atoms with E-state index in [2.05, 4.69) is 16.8 Å². The van der Waals surface area contributed by atoms with Gasteiger partial charge in [0.25, 0.3) is 11.8 Å². The number of nitrogens with zero attached hydrogens (tertiary/aromatic N) is 2. The third-order valence-corrected chi connectivity index (χ3v) is 3.08. The van der Waals surface area contributed by atoms with Gasteiger partial charge >= 0.3 is 0 Å². The zero-order valence-electron chi connectivity index (χ0n) is 10.9. The van der Waals surface area contributed by atoms with Gasteiger partial charge in [0.05, 0.1) is 11.3 Å². The first-order chi connectivity index (χ1) is 10.2. The highest BCUT2D eigenvalue weighted by Crippen LogP contribution is 2.26. The topological polar surface area (TPSA) is 70.5 Å². The van der Waals surface area contributed by atoms with Gasteiger partial charge in [-0.3, -0.25) is 14.6 Å². The van der Waals surface area contributed by atoms with Crippen LogP contribution in [-0.4, -0.2) is 28.5 Å². The van der Waals surface area contributed by atoms with E-state index in [-0.39, 0.29) is 18.2 Å². The second-order valence-corrected chi connectivity index (χ2v) is 4.35. The van der Waals surface area contributed by atoms with Gasteiger partial charge in [-0.1, -0.05) is 11.8 Å². The predicted molar refractivity (Wildman–Crippen MR) is 75.8 cm³/mol. The second-order valence-electron chi connectivity index (χ2n) is 4.35. The first-order valence-electron chi connectivity index (χ1n) is 6.26. The molecule has 0 radical (unpaired) electrons. The Bertz CT molecular complexity index is 750. The summed E-state index contributed by atoms with van der Waals surface area (Å²) in [5, 5.41) is 8.65. The van der Waals surface area contributed by atoms with Crippen LogP contribution in [-0.2, 0) is 0 Å². The van der Waals surface area contributed by atoms with Crippen LogP contribution in [0.1, 0.15) is 26.4 Å². The molecule has 21 heavy (non-hydrogen) atoms. The lowest BCUT2D eigenvalue weighted by Gasteiger charge is -2.13. The third kappa shape index (κ3) is 2.18. The van der Waals surface area contributed by atoms with E-state index in [1.807, 2.05) is 0 Å². The fourth-order valence-corrected chi connectivity index (χ4v) is 2.14. The number of hydrogen-bond donors (Lipinski definition) is 1. The summed E-state index contributed by atoms with van der Waals surface area (Å²) < 4.78 is 0. The van der Waals surface area contributed by atoms with Crippen molar-refractivity contribution in [2.75, 3.05) is 11.5 Å². The van der Waals surface area contributed by atoms with Gasteiger partial charge in [-0.2, -0.15) is 0 Å². The quantitative estimate of drug-likeness (QED) is 0.629. The number of fused-ring (bicyclic) bond motifs is 1. The molecule has 1 aromatic carbocycles. The van der Waals surface area contributed by atoms with E-state index in [0.29, 0.717) is 16.8 Å². The number of rotatable bonds is 1. The molecular weight excluding hydrogens is 268 g/mol. The summed E-state index contributed by atoms with van der Waals surface area (Å²) in [5.41, 5.74) is 1.65. The minimum absolute atomic E-state index is 0.173. The summed E-state index contributed by atoms with van der Waals surface area (Å²) >= 11 is 0. The Hall–Kier alpha value is -2.97. The van der Waals surface area contributed by atoms with Gasteiger partial charge in [0.15, 0.2) is 0 Å². The molecule has 1 aromatic heterocycles. The Morgan fingerprint density at radius 3 is 2.52 bits per heavy atom. The molecule has 1 aliphatic rings. The van der Waals surface area contributed by atoms with Crippen LogP contribution in [0, 0.1) is 11.8 Å². The molecule has 3 rings (SSSR count). The lowest BCUT2D eigenvalue weighted by Crippen LogP contribution is -2.29. The molecule has 2 aromatic rings. The van der Waals surface area contributed by atoms with Crippen LogP contribution in [0.3, 0.4) is 0 Å².